The van der Waals surface area contributed by atoms with Crippen LogP contribution in [0.5, 0.6) is 0 Å². The van der Waals surface area contributed by atoms with E-state index in [2.05, 4.69) is 16.0 Å². The number of rotatable bonds is 10. The quantitative estimate of drug-likeness (QED) is 0.116. The van der Waals surface area contributed by atoms with Crippen molar-refractivity contribution in [3.05, 3.63) is 112 Å². The van der Waals surface area contributed by atoms with Gasteiger partial charge in [0.05, 0.1) is 31.2 Å². The lowest BCUT2D eigenvalue weighted by Gasteiger charge is -2.28. The molecule has 254 valence electrons. The van der Waals surface area contributed by atoms with Crippen molar-refractivity contribution in [2.45, 2.75) is 62.9 Å². The molecule has 15 heteroatoms. The Kier molecular flexibility index (Phi) is 9.57. The Hall–Kier alpha value is -4.50. The first-order chi connectivity index (χ1) is 22.5. The zero-order chi connectivity index (χ0) is 35.1. The van der Waals surface area contributed by atoms with Crippen LogP contribution in [0.15, 0.2) is 59.8 Å². The maximum absolute atomic E-state index is 14.9. The molecule has 1 amide bonds. The molecule has 1 aromatic heterocycles. The number of nitrogen functional groups attached to an aromatic ring is 1. The van der Waals surface area contributed by atoms with Gasteiger partial charge in [0.2, 0.25) is 27.7 Å². The van der Waals surface area contributed by atoms with Crippen LogP contribution in [-0.4, -0.2) is 35.1 Å². The minimum absolute atomic E-state index is 0.0582. The van der Waals surface area contributed by atoms with Gasteiger partial charge >= 0.3 is 0 Å². The molecule has 0 aliphatic heterocycles. The number of nitrogens with two attached hydrogens (primary N) is 1. The van der Waals surface area contributed by atoms with Crippen molar-refractivity contribution >= 4 is 27.6 Å². The molecule has 0 unspecified atom stereocenters. The topological polar surface area (TPSA) is 109 Å². The monoisotopic (exact) mass is 691 g/mol. The van der Waals surface area contributed by atoms with Crippen LogP contribution >= 0.6 is 0 Å². The number of carbonyl (C=O) groups excluding carboxylic acids is 1. The van der Waals surface area contributed by atoms with Gasteiger partial charge in [-0.3, -0.25) is 4.79 Å². The predicted molar refractivity (Wildman–Crippen MR) is 165 cm³/mol. The summed E-state index contributed by atoms with van der Waals surface area (Å²) in [7, 11) is -5.69. The normalized spacial score (nSPS) is 13.6. The number of hydrogen-bond donors (Lipinski definition) is 1. The molecule has 1 aliphatic rings. The number of sulfonamides is 1. The molecule has 0 spiro atoms. The van der Waals surface area contributed by atoms with E-state index in [1.165, 1.54) is 24.5 Å². The van der Waals surface area contributed by atoms with Crippen LogP contribution in [0.25, 0.3) is 0 Å². The highest BCUT2D eigenvalue weighted by atomic mass is 32.2. The summed E-state index contributed by atoms with van der Waals surface area (Å²) >= 11 is 0. The van der Waals surface area contributed by atoms with Gasteiger partial charge in [0.1, 0.15) is 5.82 Å². The number of hydrogen-bond acceptors (Lipinski definition) is 6. The molecule has 1 aliphatic carbocycles. The zero-order valence-electron chi connectivity index (χ0n) is 26.1. The van der Waals surface area contributed by atoms with E-state index in [0.717, 1.165) is 41.0 Å². The van der Waals surface area contributed by atoms with E-state index in [1.54, 1.807) is 0 Å². The second-order valence-corrected chi connectivity index (χ2v) is 14.4. The molecule has 0 atom stereocenters. The van der Waals surface area contributed by atoms with Gasteiger partial charge in [0.25, 0.3) is 0 Å². The van der Waals surface area contributed by atoms with Gasteiger partial charge in [-0.05, 0) is 46.9 Å². The number of carbonyl (C=O) groups is 1. The van der Waals surface area contributed by atoms with E-state index >= 15 is 0 Å². The number of nitrogens with zero attached hydrogens (tertiary/aromatic N) is 4. The Labute approximate surface area is 273 Å². The second-order valence-electron chi connectivity index (χ2n) is 12.5. The Morgan fingerprint density at radius 1 is 0.875 bits per heavy atom. The maximum Gasteiger partial charge on any atom is 0.249 e. The van der Waals surface area contributed by atoms with Gasteiger partial charge in [-0.15, -0.1) is 0 Å². The lowest BCUT2D eigenvalue weighted by molar-refractivity contribution is -0.119. The maximum atomic E-state index is 14.9. The van der Waals surface area contributed by atoms with Crippen molar-refractivity contribution in [3.63, 3.8) is 0 Å². The first-order valence-corrected chi connectivity index (χ1v) is 16.2. The molecule has 0 radical (unpaired) electrons. The standard InChI is InChI=1S/C33H31F6N5O3S/c1-33(2,3)22-11-18(10-21(12-22)19-8-9-19)15-44(23-13-41-32(40)42-14-23)25(45)17-43(16-20-6-4-5-7-24(20)34)48(46,47)31-29(38)27(36)26(35)28(37)30(31)39/h4-7,10-14,19H,8-9,15-17H2,1-3H3,(H2,40,41,42). The summed E-state index contributed by atoms with van der Waals surface area (Å²) < 4.78 is 114. The highest BCUT2D eigenvalue weighted by Gasteiger charge is 2.39. The summed E-state index contributed by atoms with van der Waals surface area (Å²) in [6.45, 7) is 3.68. The first-order valence-electron chi connectivity index (χ1n) is 14.8. The Bertz CT molecular complexity index is 1950. The third-order valence-electron chi connectivity index (χ3n) is 7.93. The minimum atomic E-state index is -5.69. The fourth-order valence-electron chi connectivity index (χ4n) is 5.09. The van der Waals surface area contributed by atoms with Crippen LogP contribution in [0.1, 0.15) is 61.8 Å². The van der Waals surface area contributed by atoms with E-state index in [-0.39, 0.29) is 33.5 Å². The highest BCUT2D eigenvalue weighted by molar-refractivity contribution is 7.89. The van der Waals surface area contributed by atoms with E-state index in [4.69, 9.17) is 5.73 Å². The van der Waals surface area contributed by atoms with E-state index in [9.17, 15) is 39.6 Å². The largest absolute Gasteiger partial charge is 0.368 e. The Morgan fingerprint density at radius 2 is 1.46 bits per heavy atom. The molecule has 48 heavy (non-hydrogen) atoms. The molecule has 0 bridgehead atoms. The van der Waals surface area contributed by atoms with Gasteiger partial charge in [-0.25, -0.2) is 44.7 Å². The molecule has 3 aromatic carbocycles. The average molecular weight is 692 g/mol. The molecular weight excluding hydrogens is 660 g/mol. The number of anilines is 2. The van der Waals surface area contributed by atoms with Crippen molar-refractivity contribution < 1.29 is 39.6 Å². The second kappa shape index (κ2) is 13.2. The van der Waals surface area contributed by atoms with Crippen LogP contribution in [-0.2, 0) is 33.3 Å². The van der Waals surface area contributed by atoms with Crippen LogP contribution in [0, 0.1) is 34.9 Å². The van der Waals surface area contributed by atoms with Crippen molar-refractivity contribution in [1.82, 2.24) is 14.3 Å². The van der Waals surface area contributed by atoms with Crippen molar-refractivity contribution in [3.8, 4) is 0 Å². The summed E-state index contributed by atoms with van der Waals surface area (Å²) in [5.74, 6) is -14.6. The van der Waals surface area contributed by atoms with Gasteiger partial charge in [-0.1, -0.05) is 57.2 Å². The van der Waals surface area contributed by atoms with Gasteiger partial charge in [0.15, 0.2) is 28.2 Å². The lowest BCUT2D eigenvalue weighted by atomic mass is 9.84. The van der Waals surface area contributed by atoms with Crippen LogP contribution < -0.4 is 10.6 Å². The van der Waals surface area contributed by atoms with E-state index < -0.39 is 68.8 Å². The summed E-state index contributed by atoms with van der Waals surface area (Å²) in [6, 6.07) is 10.6. The zero-order valence-corrected chi connectivity index (χ0v) is 26.9. The smallest absolute Gasteiger partial charge is 0.249 e. The molecule has 5 rings (SSSR count). The van der Waals surface area contributed by atoms with Crippen molar-refractivity contribution in [2.75, 3.05) is 17.2 Å². The molecule has 1 saturated carbocycles. The van der Waals surface area contributed by atoms with Crippen LogP contribution in [0.3, 0.4) is 0 Å². The summed E-state index contributed by atoms with van der Waals surface area (Å²) in [5.41, 5.74) is 7.75. The number of amides is 1. The fraction of sp³-hybridized carbons (Fsp3) is 0.303. The van der Waals surface area contributed by atoms with E-state index in [1.807, 2.05) is 32.9 Å². The molecule has 1 heterocycles. The minimum Gasteiger partial charge on any atom is -0.368 e. The first kappa shape index (κ1) is 34.8. The molecule has 1 fully saturated rings. The molecule has 4 aromatic rings. The number of halogens is 6. The fourth-order valence-corrected chi connectivity index (χ4v) is 6.57. The van der Waals surface area contributed by atoms with Gasteiger partial charge in [-0.2, -0.15) is 4.31 Å². The van der Waals surface area contributed by atoms with Crippen molar-refractivity contribution in [1.29, 1.82) is 0 Å². The predicted octanol–water partition coefficient (Wildman–Crippen LogP) is 6.49. The van der Waals surface area contributed by atoms with Crippen molar-refractivity contribution in [2.24, 2.45) is 0 Å². The third kappa shape index (κ3) is 7.16. The highest BCUT2D eigenvalue weighted by Crippen LogP contribution is 2.42. The molecular formula is C33H31F6N5O3S. The van der Waals surface area contributed by atoms with Gasteiger partial charge < -0.3 is 10.6 Å². The molecule has 0 saturated heterocycles. The van der Waals surface area contributed by atoms with Gasteiger partial charge in [0, 0.05) is 12.1 Å². The lowest BCUT2D eigenvalue weighted by Crippen LogP contribution is -2.43. The number of benzene rings is 3. The number of aromatic nitrogens is 2. The van der Waals surface area contributed by atoms with E-state index in [0.29, 0.717) is 11.5 Å². The summed E-state index contributed by atoms with van der Waals surface area (Å²) in [4.78, 5) is 20.9. The average Bonchev–Trinajstić information content (AvgIpc) is 3.88. The summed E-state index contributed by atoms with van der Waals surface area (Å²) in [5, 5.41) is 0. The Balaban J connectivity index is 1.60. The van der Waals surface area contributed by atoms with Crippen LogP contribution in [0.4, 0.5) is 38.0 Å². The molecule has 8 nitrogen and oxygen atoms in total. The molecule has 2 N–H and O–H groups in total. The summed E-state index contributed by atoms with van der Waals surface area (Å²) in [6.07, 6.45) is 4.38. The Morgan fingerprint density at radius 3 is 2.02 bits per heavy atom. The van der Waals surface area contributed by atoms with Crippen LogP contribution in [0.2, 0.25) is 0 Å². The third-order valence-corrected chi connectivity index (χ3v) is 9.74. The SMILES string of the molecule is CC(C)(C)c1cc(CN(C(=O)CN(Cc2ccccc2F)S(=O)(=O)c2c(F)c(F)c(F)c(F)c2F)c2cnc(N)nc2)cc(C2CC2)c1.